The van der Waals surface area contributed by atoms with Gasteiger partial charge in [0.1, 0.15) is 16.6 Å². The van der Waals surface area contributed by atoms with Crippen molar-refractivity contribution in [2.24, 2.45) is 0 Å². The molecule has 0 aliphatic carbocycles. The zero-order chi connectivity index (χ0) is 19.1. The summed E-state index contributed by atoms with van der Waals surface area (Å²) < 4.78 is 5.18. The number of amides is 1. The van der Waals surface area contributed by atoms with Crippen LogP contribution in [0.2, 0.25) is 0 Å². The Labute approximate surface area is 162 Å². The minimum atomic E-state index is -0.235. The van der Waals surface area contributed by atoms with Gasteiger partial charge in [0.25, 0.3) is 0 Å². The lowest BCUT2D eigenvalue weighted by Gasteiger charge is -2.07. The number of nitrogens with zero attached hydrogens (tertiary/aromatic N) is 2. The molecule has 3 rings (SSSR count). The van der Waals surface area contributed by atoms with Gasteiger partial charge in [0.2, 0.25) is 5.91 Å². The van der Waals surface area contributed by atoms with Crippen molar-refractivity contribution in [1.82, 2.24) is 9.97 Å². The summed E-state index contributed by atoms with van der Waals surface area (Å²) in [6.07, 6.45) is 3.59. The van der Waals surface area contributed by atoms with Gasteiger partial charge in [-0.05, 0) is 54.1 Å². The fraction of sp³-hybridized carbons (Fsp3) is 0.0952. The van der Waals surface area contributed by atoms with Crippen LogP contribution in [0.1, 0.15) is 11.4 Å². The topological polar surface area (TPSA) is 64.1 Å². The average Bonchev–Trinajstić information content (AvgIpc) is 2.69. The normalized spacial score (nSPS) is 10.3. The molecule has 1 N–H and O–H groups in total. The van der Waals surface area contributed by atoms with E-state index >= 15 is 0 Å². The number of carbonyl (C=O) groups excluding carboxylic acids is 1. The van der Waals surface area contributed by atoms with Crippen LogP contribution in [0.25, 0.3) is 0 Å². The van der Waals surface area contributed by atoms with Crippen molar-refractivity contribution >= 4 is 23.4 Å². The Morgan fingerprint density at radius 3 is 2.78 bits per heavy atom. The highest BCUT2D eigenvalue weighted by atomic mass is 32.2. The summed E-state index contributed by atoms with van der Waals surface area (Å²) in [4.78, 5) is 21.5. The van der Waals surface area contributed by atoms with Crippen LogP contribution in [0.4, 0.5) is 5.69 Å². The van der Waals surface area contributed by atoms with Crippen molar-refractivity contribution in [3.63, 3.8) is 0 Å². The maximum absolute atomic E-state index is 11.4. The van der Waals surface area contributed by atoms with Gasteiger partial charge in [0.05, 0.1) is 7.11 Å². The number of methoxy groups -OCH3 is 1. The van der Waals surface area contributed by atoms with Gasteiger partial charge >= 0.3 is 0 Å². The molecule has 27 heavy (non-hydrogen) atoms. The number of carbonyl (C=O) groups is 1. The van der Waals surface area contributed by atoms with E-state index in [2.05, 4.69) is 21.9 Å². The molecule has 0 fully saturated rings. The Morgan fingerprint density at radius 1 is 1.22 bits per heavy atom. The van der Waals surface area contributed by atoms with Crippen molar-refractivity contribution in [2.45, 2.75) is 16.3 Å². The maximum Gasteiger partial charge on any atom is 0.247 e. The van der Waals surface area contributed by atoms with Gasteiger partial charge in [-0.3, -0.25) is 4.79 Å². The summed E-state index contributed by atoms with van der Waals surface area (Å²) in [6.45, 7) is 3.46. The molecule has 2 aromatic carbocycles. The van der Waals surface area contributed by atoms with Gasteiger partial charge in [-0.15, -0.1) is 0 Å². The molecule has 1 amide bonds. The van der Waals surface area contributed by atoms with E-state index in [4.69, 9.17) is 4.74 Å². The van der Waals surface area contributed by atoms with Crippen molar-refractivity contribution < 1.29 is 9.53 Å². The molecule has 0 atom stereocenters. The summed E-state index contributed by atoms with van der Waals surface area (Å²) in [5.41, 5.74) is 1.74. The second-order valence-corrected chi connectivity index (χ2v) is 6.75. The summed E-state index contributed by atoms with van der Waals surface area (Å²) in [7, 11) is 1.65. The van der Waals surface area contributed by atoms with Crippen LogP contribution in [0, 0.1) is 0 Å². The number of ether oxygens (including phenoxy) is 1. The number of anilines is 1. The standard InChI is InChI=1S/C21H19N3O2S/c1-3-20(25)23-16-6-4-5-15(13-16)14-19-22-12-11-21(24-19)27-18-9-7-17(26-2)8-10-18/h3-13H,1,14H2,2H3,(H,23,25). The van der Waals surface area contributed by atoms with Gasteiger partial charge in [0, 0.05) is 23.2 Å². The minimum absolute atomic E-state index is 0.235. The molecule has 5 nitrogen and oxygen atoms in total. The summed E-state index contributed by atoms with van der Waals surface area (Å²) >= 11 is 1.57. The molecule has 0 saturated heterocycles. The molecule has 0 saturated carbocycles. The van der Waals surface area contributed by atoms with Gasteiger partial charge in [0.15, 0.2) is 0 Å². The molecular formula is C21H19N3O2S. The Morgan fingerprint density at radius 2 is 2.04 bits per heavy atom. The fourth-order valence-electron chi connectivity index (χ4n) is 2.42. The van der Waals surface area contributed by atoms with Gasteiger partial charge in [-0.2, -0.15) is 0 Å². The molecule has 0 spiro atoms. The van der Waals surface area contributed by atoms with Crippen LogP contribution in [0.3, 0.4) is 0 Å². The summed E-state index contributed by atoms with van der Waals surface area (Å²) in [6, 6.07) is 17.4. The van der Waals surface area contributed by atoms with Crippen LogP contribution >= 0.6 is 11.8 Å². The van der Waals surface area contributed by atoms with E-state index in [0.717, 1.165) is 32.7 Å². The molecule has 1 heterocycles. The Balaban J connectivity index is 1.71. The average molecular weight is 377 g/mol. The molecular weight excluding hydrogens is 358 g/mol. The smallest absolute Gasteiger partial charge is 0.247 e. The molecule has 1 aromatic heterocycles. The number of nitrogens with one attached hydrogen (secondary N) is 1. The number of hydrogen-bond donors (Lipinski definition) is 1. The molecule has 6 heteroatoms. The summed E-state index contributed by atoms with van der Waals surface area (Å²) in [5, 5.41) is 3.64. The van der Waals surface area contributed by atoms with E-state index in [1.54, 1.807) is 25.1 Å². The molecule has 0 aliphatic heterocycles. The molecule has 136 valence electrons. The molecule has 0 bridgehead atoms. The lowest BCUT2D eigenvalue weighted by atomic mass is 10.1. The molecule has 0 unspecified atom stereocenters. The first-order valence-electron chi connectivity index (χ1n) is 8.32. The molecule has 0 aliphatic rings. The van der Waals surface area contributed by atoms with Crippen LogP contribution in [-0.4, -0.2) is 23.0 Å². The van der Waals surface area contributed by atoms with Crippen molar-refractivity contribution in [1.29, 1.82) is 0 Å². The monoisotopic (exact) mass is 377 g/mol. The number of rotatable bonds is 7. The molecule has 3 aromatic rings. The first-order valence-corrected chi connectivity index (χ1v) is 9.14. The van der Waals surface area contributed by atoms with E-state index in [1.807, 2.05) is 54.6 Å². The highest BCUT2D eigenvalue weighted by Gasteiger charge is 2.05. The number of hydrogen-bond acceptors (Lipinski definition) is 5. The SMILES string of the molecule is C=CC(=O)Nc1cccc(Cc2nccc(Sc3ccc(OC)cc3)n2)c1. The van der Waals surface area contributed by atoms with E-state index in [-0.39, 0.29) is 5.91 Å². The zero-order valence-corrected chi connectivity index (χ0v) is 15.7. The van der Waals surface area contributed by atoms with E-state index in [1.165, 1.54) is 6.08 Å². The van der Waals surface area contributed by atoms with Gasteiger partial charge in [-0.25, -0.2) is 9.97 Å². The highest BCUT2D eigenvalue weighted by Crippen LogP contribution is 2.27. The van der Waals surface area contributed by atoms with E-state index in [0.29, 0.717) is 6.42 Å². The third-order valence-electron chi connectivity index (χ3n) is 3.70. The van der Waals surface area contributed by atoms with Crippen LogP contribution < -0.4 is 10.1 Å². The Bertz CT molecular complexity index is 942. The first-order chi connectivity index (χ1) is 13.2. The van der Waals surface area contributed by atoms with E-state index < -0.39 is 0 Å². The van der Waals surface area contributed by atoms with E-state index in [9.17, 15) is 4.79 Å². The predicted octanol–water partition coefficient (Wildman–Crippen LogP) is 4.35. The van der Waals surface area contributed by atoms with Crippen molar-refractivity contribution in [3.05, 3.63) is 84.8 Å². The van der Waals surface area contributed by atoms with Gasteiger partial charge < -0.3 is 10.1 Å². The molecule has 0 radical (unpaired) electrons. The third kappa shape index (κ3) is 5.43. The maximum atomic E-state index is 11.4. The summed E-state index contributed by atoms with van der Waals surface area (Å²) in [5.74, 6) is 1.31. The third-order valence-corrected chi connectivity index (χ3v) is 4.65. The first kappa shape index (κ1) is 18.7. The van der Waals surface area contributed by atoms with Gasteiger partial charge in [-0.1, -0.05) is 30.5 Å². The lowest BCUT2D eigenvalue weighted by molar-refractivity contribution is -0.111. The largest absolute Gasteiger partial charge is 0.497 e. The van der Waals surface area contributed by atoms with Crippen molar-refractivity contribution in [2.75, 3.05) is 12.4 Å². The number of aromatic nitrogens is 2. The zero-order valence-electron chi connectivity index (χ0n) is 14.9. The number of benzene rings is 2. The second-order valence-electron chi connectivity index (χ2n) is 5.66. The van der Waals surface area contributed by atoms with Crippen LogP contribution in [0.5, 0.6) is 5.75 Å². The lowest BCUT2D eigenvalue weighted by Crippen LogP contribution is -2.07. The van der Waals surface area contributed by atoms with Crippen LogP contribution in [-0.2, 0) is 11.2 Å². The minimum Gasteiger partial charge on any atom is -0.497 e. The van der Waals surface area contributed by atoms with Crippen LogP contribution in [0.15, 0.2) is 83.4 Å². The Kier molecular flexibility index (Phi) is 6.22. The second kappa shape index (κ2) is 9.00. The Hall–Kier alpha value is -3.12. The van der Waals surface area contributed by atoms with Crippen molar-refractivity contribution in [3.8, 4) is 5.75 Å². The highest BCUT2D eigenvalue weighted by molar-refractivity contribution is 7.99. The predicted molar refractivity (Wildman–Crippen MR) is 107 cm³/mol. The quantitative estimate of drug-likeness (QED) is 0.490. The fourth-order valence-corrected chi connectivity index (χ4v) is 3.22.